The molecule has 507 valence electrons. The van der Waals surface area contributed by atoms with Gasteiger partial charge < -0.3 is 84.0 Å². The molecule has 0 saturated carbocycles. The van der Waals surface area contributed by atoms with Crippen LogP contribution in [0.4, 0.5) is 0 Å². The number of ketones is 2. The number of amides is 5. The van der Waals surface area contributed by atoms with Crippen molar-refractivity contribution in [2.24, 2.45) is 94.7 Å². The van der Waals surface area contributed by atoms with E-state index in [4.69, 9.17) is 68.5 Å². The fraction of sp³-hybridized carbons (Fsp3) is 0.629. The van der Waals surface area contributed by atoms with E-state index in [1.165, 1.54) is 17.8 Å². The van der Waals surface area contributed by atoms with Crippen molar-refractivity contribution in [3.05, 3.63) is 69.2 Å². The second-order valence-corrected chi connectivity index (χ2v) is 27.9. The zero-order chi connectivity index (χ0) is 66.7. The third kappa shape index (κ3) is 13.6. The minimum Gasteiger partial charge on any atom is -0.756 e. The number of fused-ring (bicyclic) bond motifs is 7. The first-order valence-electron chi connectivity index (χ1n) is 30.5. The predicted molar refractivity (Wildman–Crippen MR) is 336 cm³/mol. The van der Waals surface area contributed by atoms with Gasteiger partial charge in [-0.3, -0.25) is 53.1 Å². The van der Waals surface area contributed by atoms with Gasteiger partial charge in [-0.15, -0.1) is 0 Å². The Morgan fingerprint density at radius 1 is 0.826 bits per heavy atom. The van der Waals surface area contributed by atoms with Crippen LogP contribution in [0.5, 0.6) is 0 Å². The molecule has 7 heterocycles. The van der Waals surface area contributed by atoms with Crippen LogP contribution in [-0.2, 0) is 68.7 Å². The van der Waals surface area contributed by atoms with E-state index in [1.807, 2.05) is 46.8 Å². The molecule has 1 aromatic heterocycles. The molecule has 8 rings (SSSR count). The number of carbonyl (C=O) groups is 7. The Bertz CT molecular complexity index is 3550. The molecule has 2 fully saturated rings. The van der Waals surface area contributed by atoms with Crippen molar-refractivity contribution in [1.29, 1.82) is 0 Å². The molecule has 1 radical (unpaired) electrons. The molecule has 2 saturated heterocycles. The predicted octanol–water partition coefficient (Wildman–Crippen LogP) is 1.79. The Morgan fingerprint density at radius 3 is 2.00 bits per heavy atom. The van der Waals surface area contributed by atoms with Gasteiger partial charge in [-0.05, 0) is 120 Å². The number of allylic oxidation sites excluding steroid dienone is 6. The molecule has 5 amide bonds. The number of aryl methyl sites for hydroxylation is 2. The van der Waals surface area contributed by atoms with Gasteiger partial charge in [0.2, 0.25) is 29.5 Å². The van der Waals surface area contributed by atoms with Crippen LogP contribution in [0.2, 0.25) is 0 Å². The van der Waals surface area contributed by atoms with E-state index < -0.39 is 156 Å². The van der Waals surface area contributed by atoms with Crippen molar-refractivity contribution in [1.82, 2.24) is 14.9 Å². The topological polar surface area (TPSA) is 496 Å². The summed E-state index contributed by atoms with van der Waals surface area (Å²) in [6.45, 7) is 17.4. The molecule has 6 aliphatic rings. The summed E-state index contributed by atoms with van der Waals surface area (Å²) < 4.78 is 31.9. The van der Waals surface area contributed by atoms with E-state index in [-0.39, 0.29) is 86.6 Å². The molecule has 0 spiro atoms. The monoisotopic (exact) mass is 1350 g/mol. The maximum atomic E-state index is 15.2. The molecular formula is C62H90CoN13O15P. The van der Waals surface area contributed by atoms with Gasteiger partial charge in [0.15, 0.2) is 12.0 Å². The number of ether oxygens (including phenoxy) is 1. The number of aromatic nitrogens is 2. The van der Waals surface area contributed by atoms with Crippen LogP contribution >= 0.6 is 7.82 Å². The van der Waals surface area contributed by atoms with Crippen molar-refractivity contribution >= 4 is 77.1 Å². The Hall–Kier alpha value is -6.21. The Balaban J connectivity index is 0.00000672. The molecule has 15 atom stereocenters. The number of benzene rings is 1. The third-order valence-corrected chi connectivity index (χ3v) is 21.6. The summed E-state index contributed by atoms with van der Waals surface area (Å²) >= 11 is 0. The number of phosphoric ester groups is 1. The molecule has 1 aromatic carbocycles. The van der Waals surface area contributed by atoms with Gasteiger partial charge in [-0.2, -0.15) is 5.70 Å². The summed E-state index contributed by atoms with van der Waals surface area (Å²) in [5.74, 6) is -7.62. The largest absolute Gasteiger partial charge is 2.00 e. The van der Waals surface area contributed by atoms with E-state index in [2.05, 4.69) is 10.3 Å². The van der Waals surface area contributed by atoms with Crippen LogP contribution in [0.15, 0.2) is 67.8 Å². The smallest absolute Gasteiger partial charge is 0.756 e. The first kappa shape index (κ1) is 74.8. The number of nitrogens with one attached hydrogen (secondary N) is 1. The summed E-state index contributed by atoms with van der Waals surface area (Å²) in [4.78, 5) is 131. The Morgan fingerprint density at radius 2 is 1.42 bits per heavy atom. The number of nitrogens with two attached hydrogens (primary N) is 6. The summed E-state index contributed by atoms with van der Waals surface area (Å²) in [5.41, 5.74) is 35.7. The number of imidazole rings is 1. The van der Waals surface area contributed by atoms with Crippen LogP contribution in [-0.4, -0.2) is 146 Å². The van der Waals surface area contributed by atoms with Crippen molar-refractivity contribution in [2.45, 2.75) is 176 Å². The fourth-order valence-corrected chi connectivity index (χ4v) is 16.3. The second-order valence-electron chi connectivity index (χ2n) is 26.6. The number of carbonyl (C=O) groups excluding carboxylic acids is 7. The summed E-state index contributed by atoms with van der Waals surface area (Å²) in [5, 5.41) is 30.0. The number of aliphatic hydroxyl groups is 2. The Labute approximate surface area is 545 Å². The minimum absolute atomic E-state index is 0. The molecule has 2 aromatic rings. The van der Waals surface area contributed by atoms with Crippen LogP contribution in [0, 0.1) is 59.2 Å². The van der Waals surface area contributed by atoms with Crippen LogP contribution in [0.25, 0.3) is 16.4 Å². The SMILES string of the molecule is C/C1=C2N=C(/C=C3N=C(/C(C)=C4\[N-]C(C(C(=O)CN)C4(C)CCC(=O)NCC(C)OP(=O)([O-])O[C@@H]4[C@@H](CO)OC(n5cnc6cc(C)c(C)cc65)[C@@H]4O)C4(C)N=C1C(CCC(N)=O)C4(C)C(=O)CN)C(CCC(N)=O)C\3(C)C)C(CCC(N)=O)C/2(C)CC(N)=O.O.[Co+2]. The van der Waals surface area contributed by atoms with E-state index in [0.717, 1.165) is 11.1 Å². The average Bonchev–Trinajstić information content (AvgIpc) is 1.52. The standard InChI is InChI=1S/C62H90N13O14P.Co.H2O/c1-29-20-38-39(21-30(29)2)75(28-70-38)57-52(84)53(41(27-76)87-57)89-90(85,86)88-31(3)26-69-48(83)18-19-59(8)49(40(77)24-63)56-62(11)61(10,43(78)25-64)36(14-17-46(67)81)51(74-62)33(5)55-60(9,23-47(68)82)34(12-15-44(65)79)37(71-55)22-42-58(6,7)35(13-16-45(66)80)50(72-42)32(4)54(59)73-56;;/h20-22,28,31,34-36,41,49,52-53,56-57,76,84H,12-19,23-27,63-64H2,1-11H3,(H11,65,66,67,68,69,71,72,73,74,79,80,81,82,83,85,86);;1H2/q;+2;/p-2/t31?,34?,35?,36?,41-,49?,52-,53-,56?,57?,59?,60?,61?,62?;;/m1../s1. The number of aliphatic imine (C=N–C) groups is 3. The zero-order valence-corrected chi connectivity index (χ0v) is 55.9. The van der Waals surface area contributed by atoms with Gasteiger partial charge in [0, 0.05) is 96.0 Å². The van der Waals surface area contributed by atoms with Crippen molar-refractivity contribution in [3.63, 3.8) is 0 Å². The number of phosphoric acid groups is 1. The maximum absolute atomic E-state index is 15.2. The van der Waals surface area contributed by atoms with Gasteiger partial charge in [0.25, 0.3) is 7.82 Å². The summed E-state index contributed by atoms with van der Waals surface area (Å²) in [7, 11) is -5.33. The molecule has 6 aliphatic heterocycles. The summed E-state index contributed by atoms with van der Waals surface area (Å²) in [6.07, 6.45) is -4.57. The van der Waals surface area contributed by atoms with E-state index in [1.54, 1.807) is 40.7 Å². The number of hydrogen-bond acceptors (Lipinski definition) is 20. The van der Waals surface area contributed by atoms with Gasteiger partial charge in [0.05, 0.1) is 59.8 Å². The molecular weight excluding hydrogens is 1260 g/mol. The quantitative estimate of drug-likeness (QED) is 0.0606. The Kier molecular flexibility index (Phi) is 22.8. The molecule has 12 unspecified atom stereocenters. The van der Waals surface area contributed by atoms with E-state index >= 15 is 9.59 Å². The number of aliphatic hydroxyl groups excluding tert-OH is 2. The molecule has 17 N–H and O–H groups in total. The first-order valence-corrected chi connectivity index (χ1v) is 32.0. The van der Waals surface area contributed by atoms with Crippen LogP contribution in [0.1, 0.15) is 137 Å². The van der Waals surface area contributed by atoms with Gasteiger partial charge >= 0.3 is 16.8 Å². The van der Waals surface area contributed by atoms with E-state index in [0.29, 0.717) is 56.4 Å². The third-order valence-electron chi connectivity index (χ3n) is 20.5. The second kappa shape index (κ2) is 28.0. The van der Waals surface area contributed by atoms with E-state index in [9.17, 15) is 43.6 Å². The number of rotatable bonds is 26. The molecule has 28 nitrogen and oxygen atoms in total. The van der Waals surface area contributed by atoms with Crippen molar-refractivity contribution < 1.29 is 89.3 Å². The number of primary amides is 4. The molecule has 30 heteroatoms. The van der Waals surface area contributed by atoms with Crippen LogP contribution < -0.4 is 44.6 Å². The van der Waals surface area contributed by atoms with Crippen molar-refractivity contribution in [2.75, 3.05) is 26.2 Å². The van der Waals surface area contributed by atoms with Crippen LogP contribution in [0.3, 0.4) is 0 Å². The van der Waals surface area contributed by atoms with Crippen molar-refractivity contribution in [3.8, 4) is 0 Å². The maximum Gasteiger partial charge on any atom is 2.00 e. The number of nitrogens with zero attached hydrogens (tertiary/aromatic N) is 6. The van der Waals surface area contributed by atoms with Gasteiger partial charge in [0.1, 0.15) is 24.1 Å². The summed E-state index contributed by atoms with van der Waals surface area (Å²) in [6, 6.07) is 2.44. The minimum atomic E-state index is -5.33. The number of Topliss-reactive ketones (excluding diaryl/α,β-unsaturated/α-hetero) is 2. The fourth-order valence-electron chi connectivity index (χ4n) is 15.2. The van der Waals surface area contributed by atoms with Gasteiger partial charge in [-0.1, -0.05) is 33.7 Å². The van der Waals surface area contributed by atoms with Gasteiger partial charge in [-0.25, -0.2) is 4.98 Å². The zero-order valence-electron chi connectivity index (χ0n) is 54.0. The number of hydrogen-bond donors (Lipinski definition) is 9. The average molecular weight is 1350 g/mol. The molecule has 92 heavy (non-hydrogen) atoms. The molecule has 8 bridgehead atoms. The normalized spacial score (nSPS) is 33.5. The first-order chi connectivity index (χ1) is 41.9. The molecule has 0 aliphatic carbocycles.